The number of anilines is 1. The smallest absolute Gasteiger partial charge is 0.165 e. The number of halogens is 1. The fraction of sp³-hybridized carbons (Fsp3) is 0.294. The summed E-state index contributed by atoms with van der Waals surface area (Å²) in [7, 11) is 0. The van der Waals surface area contributed by atoms with Gasteiger partial charge in [-0.1, -0.05) is 23.7 Å². The van der Waals surface area contributed by atoms with Crippen LogP contribution in [0.5, 0.6) is 0 Å². The number of fused-ring (bicyclic) bond motifs is 1. The third-order valence-corrected chi connectivity index (χ3v) is 4.31. The number of rotatable bonds is 3. The van der Waals surface area contributed by atoms with E-state index >= 15 is 0 Å². The molecule has 5 nitrogen and oxygen atoms in total. The van der Waals surface area contributed by atoms with Crippen LogP contribution in [0.3, 0.4) is 0 Å². The number of benzene rings is 1. The molecule has 1 aliphatic rings. The Bertz CT molecular complexity index is 826. The number of ether oxygens (including phenoxy) is 1. The van der Waals surface area contributed by atoms with Gasteiger partial charge in [-0.05, 0) is 36.6 Å². The maximum atomic E-state index is 6.10. The normalized spacial score (nSPS) is 15.9. The van der Waals surface area contributed by atoms with Crippen LogP contribution in [0.1, 0.15) is 12.8 Å². The van der Waals surface area contributed by atoms with E-state index < -0.39 is 0 Å². The van der Waals surface area contributed by atoms with Gasteiger partial charge in [-0.2, -0.15) is 5.10 Å². The van der Waals surface area contributed by atoms with Gasteiger partial charge >= 0.3 is 0 Å². The maximum Gasteiger partial charge on any atom is 0.165 e. The van der Waals surface area contributed by atoms with Crippen molar-refractivity contribution in [2.45, 2.75) is 18.9 Å². The summed E-state index contributed by atoms with van der Waals surface area (Å²) in [6.07, 6.45) is 5.77. The molecular weight excluding hydrogens is 312 g/mol. The van der Waals surface area contributed by atoms with E-state index in [0.29, 0.717) is 11.1 Å². The fourth-order valence-corrected chi connectivity index (χ4v) is 3.05. The first kappa shape index (κ1) is 14.5. The first-order valence-corrected chi connectivity index (χ1v) is 8.12. The SMILES string of the molecule is Clc1cccc(-c2cnn3ccc(NC4CCOCC4)nc23)c1. The zero-order valence-corrected chi connectivity index (χ0v) is 13.3. The molecular formula is C17H17ClN4O. The van der Waals surface area contributed by atoms with Gasteiger partial charge in [-0.25, -0.2) is 9.50 Å². The van der Waals surface area contributed by atoms with Gasteiger partial charge < -0.3 is 10.1 Å². The zero-order valence-electron chi connectivity index (χ0n) is 12.6. The minimum atomic E-state index is 0.413. The highest BCUT2D eigenvalue weighted by Gasteiger charge is 2.15. The molecule has 4 rings (SSSR count). The third-order valence-electron chi connectivity index (χ3n) is 4.08. The van der Waals surface area contributed by atoms with Crippen molar-refractivity contribution in [1.82, 2.24) is 14.6 Å². The zero-order chi connectivity index (χ0) is 15.6. The van der Waals surface area contributed by atoms with E-state index in [4.69, 9.17) is 21.3 Å². The number of aromatic nitrogens is 3. The van der Waals surface area contributed by atoms with Crippen LogP contribution in [0.15, 0.2) is 42.7 Å². The van der Waals surface area contributed by atoms with Crippen molar-refractivity contribution >= 4 is 23.1 Å². The second-order valence-electron chi connectivity index (χ2n) is 5.68. The van der Waals surface area contributed by atoms with E-state index in [1.807, 2.05) is 42.7 Å². The highest BCUT2D eigenvalue weighted by atomic mass is 35.5. The summed E-state index contributed by atoms with van der Waals surface area (Å²) < 4.78 is 7.18. The second-order valence-corrected chi connectivity index (χ2v) is 6.12. The first-order chi connectivity index (χ1) is 11.3. The molecule has 23 heavy (non-hydrogen) atoms. The summed E-state index contributed by atoms with van der Waals surface area (Å²) in [5.41, 5.74) is 2.82. The molecule has 1 fully saturated rings. The Morgan fingerprint density at radius 2 is 2.09 bits per heavy atom. The standard InChI is InChI=1S/C17H17ClN4O/c18-13-3-1-2-12(10-13)15-11-19-22-7-4-16(21-17(15)22)20-14-5-8-23-9-6-14/h1-4,7,10-11,14H,5-6,8-9H2,(H,20,21). The van der Waals surface area contributed by atoms with Gasteiger partial charge in [0, 0.05) is 36.0 Å². The summed E-state index contributed by atoms with van der Waals surface area (Å²) in [5, 5.41) is 8.58. The van der Waals surface area contributed by atoms with E-state index in [-0.39, 0.29) is 0 Å². The fourth-order valence-electron chi connectivity index (χ4n) is 2.86. The molecule has 0 bridgehead atoms. The van der Waals surface area contributed by atoms with Crippen molar-refractivity contribution in [3.05, 3.63) is 47.7 Å². The minimum absolute atomic E-state index is 0.413. The lowest BCUT2D eigenvalue weighted by Gasteiger charge is -2.23. The Hall–Kier alpha value is -2.11. The van der Waals surface area contributed by atoms with Gasteiger partial charge in [0.25, 0.3) is 0 Å². The van der Waals surface area contributed by atoms with E-state index in [9.17, 15) is 0 Å². The molecule has 118 valence electrons. The van der Waals surface area contributed by atoms with Gasteiger partial charge in [0.2, 0.25) is 0 Å². The van der Waals surface area contributed by atoms with Crippen molar-refractivity contribution in [2.24, 2.45) is 0 Å². The highest BCUT2D eigenvalue weighted by molar-refractivity contribution is 6.30. The summed E-state index contributed by atoms with van der Waals surface area (Å²) in [6, 6.07) is 10.1. The molecule has 0 atom stereocenters. The molecule has 0 amide bonds. The number of hydrogen-bond acceptors (Lipinski definition) is 4. The van der Waals surface area contributed by atoms with Crippen molar-refractivity contribution in [3.63, 3.8) is 0 Å². The van der Waals surface area contributed by atoms with Crippen molar-refractivity contribution in [3.8, 4) is 11.1 Å². The molecule has 0 saturated carbocycles. The maximum absolute atomic E-state index is 6.10. The third kappa shape index (κ3) is 3.02. The Morgan fingerprint density at radius 1 is 1.22 bits per heavy atom. The van der Waals surface area contributed by atoms with Crippen molar-refractivity contribution in [1.29, 1.82) is 0 Å². The summed E-state index contributed by atoms with van der Waals surface area (Å²) >= 11 is 6.10. The van der Waals surface area contributed by atoms with Crippen LogP contribution in [-0.4, -0.2) is 33.9 Å². The van der Waals surface area contributed by atoms with Crippen LogP contribution < -0.4 is 5.32 Å². The minimum Gasteiger partial charge on any atom is -0.381 e. The molecule has 2 aromatic heterocycles. The van der Waals surface area contributed by atoms with E-state index in [2.05, 4.69) is 10.4 Å². The predicted octanol–water partition coefficient (Wildman–Crippen LogP) is 3.64. The van der Waals surface area contributed by atoms with Crippen LogP contribution in [0.25, 0.3) is 16.8 Å². The first-order valence-electron chi connectivity index (χ1n) is 7.74. The number of hydrogen-bond donors (Lipinski definition) is 1. The molecule has 1 N–H and O–H groups in total. The van der Waals surface area contributed by atoms with Crippen LogP contribution in [0, 0.1) is 0 Å². The topological polar surface area (TPSA) is 51.5 Å². The molecule has 6 heteroatoms. The molecule has 0 spiro atoms. The average Bonchev–Trinajstić information content (AvgIpc) is 2.99. The number of nitrogens with one attached hydrogen (secondary N) is 1. The van der Waals surface area contributed by atoms with Crippen LogP contribution in [0.2, 0.25) is 5.02 Å². The molecule has 1 saturated heterocycles. The lowest BCUT2D eigenvalue weighted by molar-refractivity contribution is 0.0904. The summed E-state index contributed by atoms with van der Waals surface area (Å²) in [4.78, 5) is 4.74. The lowest BCUT2D eigenvalue weighted by atomic mass is 10.1. The highest BCUT2D eigenvalue weighted by Crippen LogP contribution is 2.26. The quantitative estimate of drug-likeness (QED) is 0.797. The summed E-state index contributed by atoms with van der Waals surface area (Å²) in [6.45, 7) is 1.61. The molecule has 1 aromatic carbocycles. The monoisotopic (exact) mass is 328 g/mol. The van der Waals surface area contributed by atoms with Crippen molar-refractivity contribution in [2.75, 3.05) is 18.5 Å². The van der Waals surface area contributed by atoms with Gasteiger partial charge in [0.05, 0.1) is 6.20 Å². The van der Waals surface area contributed by atoms with E-state index in [1.165, 1.54) is 0 Å². The Kier molecular flexibility index (Phi) is 3.89. The number of nitrogens with zero attached hydrogens (tertiary/aromatic N) is 3. The average molecular weight is 329 g/mol. The molecule has 1 aliphatic heterocycles. The van der Waals surface area contributed by atoms with E-state index in [0.717, 1.165) is 48.6 Å². The Balaban J connectivity index is 1.68. The van der Waals surface area contributed by atoms with Gasteiger partial charge in [-0.3, -0.25) is 0 Å². The van der Waals surface area contributed by atoms with Gasteiger partial charge in [0.15, 0.2) is 5.65 Å². The van der Waals surface area contributed by atoms with Crippen LogP contribution in [0.4, 0.5) is 5.82 Å². The van der Waals surface area contributed by atoms with E-state index in [1.54, 1.807) is 4.52 Å². The molecule has 0 aliphatic carbocycles. The molecule has 0 unspecified atom stereocenters. The second kappa shape index (κ2) is 6.18. The lowest BCUT2D eigenvalue weighted by Crippen LogP contribution is -2.28. The Labute approximate surface area is 139 Å². The molecule has 3 aromatic rings. The predicted molar refractivity (Wildman–Crippen MR) is 90.9 cm³/mol. The van der Waals surface area contributed by atoms with Crippen LogP contribution in [-0.2, 0) is 4.74 Å². The Morgan fingerprint density at radius 3 is 2.91 bits per heavy atom. The molecule has 3 heterocycles. The van der Waals surface area contributed by atoms with Crippen LogP contribution >= 0.6 is 11.6 Å². The van der Waals surface area contributed by atoms with Crippen molar-refractivity contribution < 1.29 is 4.74 Å². The largest absolute Gasteiger partial charge is 0.381 e. The van der Waals surface area contributed by atoms with Gasteiger partial charge in [-0.15, -0.1) is 0 Å². The molecule has 0 radical (unpaired) electrons. The van der Waals surface area contributed by atoms with Gasteiger partial charge in [0.1, 0.15) is 5.82 Å². The summed E-state index contributed by atoms with van der Waals surface area (Å²) in [5.74, 6) is 0.869.